The second-order valence-corrected chi connectivity index (χ2v) is 4.64. The molecule has 0 radical (unpaired) electrons. The fraction of sp³-hybridized carbons (Fsp3) is 0.375. The molecule has 0 aliphatic carbocycles. The van der Waals surface area contributed by atoms with Gasteiger partial charge in [0.05, 0.1) is 5.54 Å². The minimum absolute atomic E-state index is 0.207. The molecule has 0 fully saturated rings. The molecule has 1 N–H and O–H groups in total. The van der Waals surface area contributed by atoms with Gasteiger partial charge in [-0.25, -0.2) is 0 Å². The number of hydrogen-bond donors (Lipinski definition) is 1. The maximum atomic E-state index is 11.5. The van der Waals surface area contributed by atoms with Gasteiger partial charge in [-0.05, 0) is 25.4 Å². The lowest BCUT2D eigenvalue weighted by molar-refractivity contribution is 0.0929. The molecule has 4 nitrogen and oxygen atoms in total. The molecule has 0 aromatic carbocycles. The van der Waals surface area contributed by atoms with Crippen LogP contribution < -0.4 is 5.32 Å². The lowest BCUT2D eigenvalue weighted by Gasteiger charge is -2.17. The molecular weight excluding hydrogens is 222 g/mol. The average molecular weight is 230 g/mol. The molecule has 0 atom stereocenters. The monoisotopic (exact) mass is 229 g/mol. The fourth-order valence-electron chi connectivity index (χ4n) is 0.670. The summed E-state index contributed by atoms with van der Waals surface area (Å²) >= 11 is 6.54. The standard InChI is InChI=1S/C8H8ClN3OS/c1-4-8(2,3)10-5(13)6-11-12-7(9)14-6/h1H,2-3H3,(H,10,13). The van der Waals surface area contributed by atoms with Crippen LogP contribution in [0.1, 0.15) is 23.6 Å². The number of nitrogens with one attached hydrogen (secondary N) is 1. The van der Waals surface area contributed by atoms with Crippen molar-refractivity contribution >= 4 is 28.8 Å². The molecule has 0 bridgehead atoms. The highest BCUT2D eigenvalue weighted by atomic mass is 35.5. The van der Waals surface area contributed by atoms with Crippen molar-refractivity contribution in [1.29, 1.82) is 0 Å². The first-order valence-electron chi connectivity index (χ1n) is 3.74. The van der Waals surface area contributed by atoms with Gasteiger partial charge in [-0.15, -0.1) is 16.6 Å². The first kappa shape index (κ1) is 11.0. The summed E-state index contributed by atoms with van der Waals surface area (Å²) in [7, 11) is 0. The van der Waals surface area contributed by atoms with Gasteiger partial charge >= 0.3 is 0 Å². The number of aromatic nitrogens is 2. The predicted molar refractivity (Wildman–Crippen MR) is 55.3 cm³/mol. The van der Waals surface area contributed by atoms with E-state index in [-0.39, 0.29) is 15.4 Å². The van der Waals surface area contributed by atoms with Gasteiger partial charge in [-0.1, -0.05) is 17.3 Å². The van der Waals surface area contributed by atoms with Crippen LogP contribution in [0, 0.1) is 12.3 Å². The van der Waals surface area contributed by atoms with Crippen LogP contribution in [0.15, 0.2) is 0 Å². The maximum Gasteiger partial charge on any atom is 0.283 e. The highest BCUT2D eigenvalue weighted by Crippen LogP contribution is 2.15. The summed E-state index contributed by atoms with van der Waals surface area (Å²) in [4.78, 5) is 11.5. The first-order chi connectivity index (χ1) is 6.44. The van der Waals surface area contributed by atoms with Gasteiger partial charge in [0.2, 0.25) is 9.47 Å². The van der Waals surface area contributed by atoms with E-state index in [4.69, 9.17) is 18.0 Å². The molecule has 0 aliphatic rings. The zero-order valence-corrected chi connectivity index (χ0v) is 9.24. The maximum absolute atomic E-state index is 11.5. The molecule has 1 heterocycles. The van der Waals surface area contributed by atoms with Crippen molar-refractivity contribution in [2.45, 2.75) is 19.4 Å². The largest absolute Gasteiger partial charge is 0.334 e. The van der Waals surface area contributed by atoms with Crippen LogP contribution in [-0.2, 0) is 0 Å². The van der Waals surface area contributed by atoms with Gasteiger partial charge in [0, 0.05) is 0 Å². The first-order valence-corrected chi connectivity index (χ1v) is 4.93. The van der Waals surface area contributed by atoms with Gasteiger partial charge in [-0.3, -0.25) is 4.79 Å². The highest BCUT2D eigenvalue weighted by Gasteiger charge is 2.20. The predicted octanol–water partition coefficient (Wildman–Crippen LogP) is 1.33. The minimum atomic E-state index is -0.699. The molecule has 1 rings (SSSR count). The Labute approximate surface area is 90.7 Å². The van der Waals surface area contributed by atoms with Crippen LogP contribution in [0.5, 0.6) is 0 Å². The number of amides is 1. The Morgan fingerprint density at radius 1 is 1.64 bits per heavy atom. The van der Waals surface area contributed by atoms with E-state index in [0.29, 0.717) is 0 Å². The van der Waals surface area contributed by atoms with Crippen LogP contribution in [0.25, 0.3) is 0 Å². The van der Waals surface area contributed by atoms with E-state index in [2.05, 4.69) is 21.4 Å². The lowest BCUT2D eigenvalue weighted by Crippen LogP contribution is -2.42. The summed E-state index contributed by atoms with van der Waals surface area (Å²) in [6.07, 6.45) is 5.21. The molecule has 0 saturated heterocycles. The van der Waals surface area contributed by atoms with Crippen LogP contribution in [0.4, 0.5) is 0 Å². The SMILES string of the molecule is C#CC(C)(C)NC(=O)c1nnc(Cl)s1. The summed E-state index contributed by atoms with van der Waals surface area (Å²) in [6, 6.07) is 0. The van der Waals surface area contributed by atoms with E-state index in [0.717, 1.165) is 11.3 Å². The molecule has 1 aromatic heterocycles. The molecule has 0 saturated carbocycles. The number of halogens is 1. The summed E-state index contributed by atoms with van der Waals surface area (Å²) in [5.74, 6) is 2.08. The molecular formula is C8H8ClN3OS. The number of nitrogens with zero attached hydrogens (tertiary/aromatic N) is 2. The Morgan fingerprint density at radius 2 is 2.29 bits per heavy atom. The summed E-state index contributed by atoms with van der Waals surface area (Å²) in [6.45, 7) is 3.43. The van der Waals surface area contributed by atoms with Gasteiger partial charge in [0.25, 0.3) is 5.91 Å². The van der Waals surface area contributed by atoms with Gasteiger partial charge in [0.15, 0.2) is 0 Å². The van der Waals surface area contributed by atoms with E-state index in [1.54, 1.807) is 13.8 Å². The Kier molecular flexibility index (Phi) is 3.09. The zero-order chi connectivity index (χ0) is 10.8. The summed E-state index contributed by atoms with van der Waals surface area (Å²) < 4.78 is 0.230. The number of carbonyl (C=O) groups excluding carboxylic acids is 1. The zero-order valence-electron chi connectivity index (χ0n) is 7.67. The molecule has 14 heavy (non-hydrogen) atoms. The fourth-order valence-corrected chi connectivity index (χ4v) is 1.39. The van der Waals surface area contributed by atoms with Crippen LogP contribution in [0.2, 0.25) is 4.47 Å². The number of rotatable bonds is 2. The molecule has 0 spiro atoms. The van der Waals surface area contributed by atoms with Crippen molar-refractivity contribution in [2.75, 3.05) is 0 Å². The Bertz CT molecular complexity index is 394. The molecule has 6 heteroatoms. The number of carbonyl (C=O) groups is 1. The number of hydrogen-bond acceptors (Lipinski definition) is 4. The second-order valence-electron chi connectivity index (χ2n) is 3.08. The van der Waals surface area contributed by atoms with Gasteiger partial charge < -0.3 is 5.32 Å². The van der Waals surface area contributed by atoms with Crippen LogP contribution >= 0.6 is 22.9 Å². The Hall–Kier alpha value is -1.12. The van der Waals surface area contributed by atoms with Crippen molar-refractivity contribution in [3.63, 3.8) is 0 Å². The van der Waals surface area contributed by atoms with Gasteiger partial charge in [-0.2, -0.15) is 0 Å². The minimum Gasteiger partial charge on any atom is -0.334 e. The summed E-state index contributed by atoms with van der Waals surface area (Å²) in [5, 5.41) is 9.92. The van der Waals surface area contributed by atoms with Crippen molar-refractivity contribution in [3.8, 4) is 12.3 Å². The third kappa shape index (κ3) is 2.69. The third-order valence-electron chi connectivity index (χ3n) is 1.38. The van der Waals surface area contributed by atoms with Crippen molar-refractivity contribution < 1.29 is 4.79 Å². The number of terminal acetylenes is 1. The van der Waals surface area contributed by atoms with E-state index < -0.39 is 5.54 Å². The average Bonchev–Trinajstić information content (AvgIpc) is 2.51. The van der Waals surface area contributed by atoms with E-state index >= 15 is 0 Å². The topological polar surface area (TPSA) is 54.9 Å². The Morgan fingerprint density at radius 3 is 2.71 bits per heavy atom. The van der Waals surface area contributed by atoms with Gasteiger partial charge in [0.1, 0.15) is 0 Å². The third-order valence-corrected chi connectivity index (χ3v) is 2.40. The van der Waals surface area contributed by atoms with E-state index in [1.807, 2.05) is 0 Å². The van der Waals surface area contributed by atoms with E-state index in [1.165, 1.54) is 0 Å². The molecule has 1 amide bonds. The second kappa shape index (κ2) is 3.95. The van der Waals surface area contributed by atoms with E-state index in [9.17, 15) is 4.79 Å². The molecule has 0 aliphatic heterocycles. The molecule has 0 unspecified atom stereocenters. The van der Waals surface area contributed by atoms with Crippen molar-refractivity contribution in [1.82, 2.24) is 15.5 Å². The van der Waals surface area contributed by atoms with Crippen molar-refractivity contribution in [2.24, 2.45) is 0 Å². The summed E-state index contributed by atoms with van der Waals surface area (Å²) in [5.41, 5.74) is -0.699. The van der Waals surface area contributed by atoms with Crippen molar-refractivity contribution in [3.05, 3.63) is 9.47 Å². The molecule has 74 valence electrons. The van der Waals surface area contributed by atoms with Crippen LogP contribution in [0.3, 0.4) is 0 Å². The van der Waals surface area contributed by atoms with Crippen LogP contribution in [-0.4, -0.2) is 21.6 Å². The Balaban J connectivity index is 2.74. The lowest BCUT2D eigenvalue weighted by atomic mass is 10.1. The highest BCUT2D eigenvalue weighted by molar-refractivity contribution is 7.17. The smallest absolute Gasteiger partial charge is 0.283 e. The normalized spacial score (nSPS) is 10.7. The molecule has 1 aromatic rings. The quantitative estimate of drug-likeness (QED) is 0.779.